The van der Waals surface area contributed by atoms with E-state index in [1.165, 1.54) is 12.1 Å². The lowest BCUT2D eigenvalue weighted by atomic mass is 10.1. The number of aromatic hydroxyl groups is 2. The van der Waals surface area contributed by atoms with Gasteiger partial charge in [0, 0.05) is 34.4 Å². The van der Waals surface area contributed by atoms with Gasteiger partial charge in [0.1, 0.15) is 22.6 Å². The highest BCUT2D eigenvalue weighted by Gasteiger charge is 2.26. The minimum absolute atomic E-state index is 0.0226. The van der Waals surface area contributed by atoms with Gasteiger partial charge in [-0.05, 0) is 12.1 Å². The third kappa shape index (κ3) is 1.89. The second kappa shape index (κ2) is 5.26. The van der Waals surface area contributed by atoms with E-state index in [0.717, 1.165) is 0 Å². The van der Waals surface area contributed by atoms with Crippen molar-refractivity contribution in [2.24, 2.45) is 0 Å². The number of hydrogen-bond acceptors (Lipinski definition) is 6. The number of fused-ring (bicyclic) bond motifs is 2. The lowest BCUT2D eigenvalue weighted by molar-refractivity contribution is 0.0977. The standard InChI is InChI=1S/C18H14O6/c1-3-11(19)13-15(21)7-5-9-10(6-8(7)16(13)22)18(24)14(17(9)23)12(20)4-2/h5-6,21,23H,3-4H2,1-2H3. The van der Waals surface area contributed by atoms with Crippen molar-refractivity contribution in [2.75, 3.05) is 0 Å². The molecule has 2 N–H and O–H groups in total. The normalized spacial score (nSPS) is 11.4. The molecule has 3 aromatic rings. The Morgan fingerprint density at radius 3 is 1.42 bits per heavy atom. The molecule has 0 unspecified atom stereocenters. The molecule has 122 valence electrons. The van der Waals surface area contributed by atoms with Crippen molar-refractivity contribution < 1.29 is 19.8 Å². The van der Waals surface area contributed by atoms with Crippen molar-refractivity contribution >= 4 is 33.1 Å². The number of benzene rings is 1. The van der Waals surface area contributed by atoms with Crippen LogP contribution in [0, 0.1) is 0 Å². The molecule has 0 fully saturated rings. The van der Waals surface area contributed by atoms with Gasteiger partial charge in [0.2, 0.25) is 10.9 Å². The second-order valence-electron chi connectivity index (χ2n) is 5.60. The van der Waals surface area contributed by atoms with Gasteiger partial charge in [-0.25, -0.2) is 0 Å². The first kappa shape index (κ1) is 15.9. The molecule has 0 aliphatic carbocycles. The van der Waals surface area contributed by atoms with Gasteiger partial charge in [-0.2, -0.15) is 0 Å². The van der Waals surface area contributed by atoms with Crippen LogP contribution >= 0.6 is 0 Å². The zero-order valence-electron chi connectivity index (χ0n) is 13.1. The highest BCUT2D eigenvalue weighted by molar-refractivity contribution is 6.15. The summed E-state index contributed by atoms with van der Waals surface area (Å²) in [6, 6.07) is 2.50. The number of carbonyl (C=O) groups excluding carboxylic acids is 2. The Balaban J connectivity index is 2.47. The van der Waals surface area contributed by atoms with Crippen molar-refractivity contribution in [3.63, 3.8) is 0 Å². The van der Waals surface area contributed by atoms with E-state index in [-0.39, 0.29) is 45.5 Å². The molecule has 0 spiro atoms. The second-order valence-corrected chi connectivity index (χ2v) is 5.60. The first-order valence-electron chi connectivity index (χ1n) is 7.54. The van der Waals surface area contributed by atoms with E-state index in [1.807, 2.05) is 0 Å². The highest BCUT2D eigenvalue weighted by atomic mass is 16.3. The summed E-state index contributed by atoms with van der Waals surface area (Å²) < 4.78 is 0. The van der Waals surface area contributed by atoms with Crippen LogP contribution in [0.4, 0.5) is 0 Å². The number of hydrogen-bond donors (Lipinski definition) is 2. The highest BCUT2D eigenvalue weighted by Crippen LogP contribution is 2.36. The topological polar surface area (TPSA) is 109 Å². The lowest BCUT2D eigenvalue weighted by Crippen LogP contribution is -2.10. The number of rotatable bonds is 4. The van der Waals surface area contributed by atoms with E-state index in [2.05, 4.69) is 0 Å². The predicted octanol–water partition coefficient (Wildman–Crippen LogP) is 2.19. The molecule has 0 heterocycles. The van der Waals surface area contributed by atoms with Crippen LogP contribution in [0.5, 0.6) is 11.5 Å². The lowest BCUT2D eigenvalue weighted by Gasteiger charge is -1.96. The molecule has 0 amide bonds. The van der Waals surface area contributed by atoms with Crippen molar-refractivity contribution in [2.45, 2.75) is 26.7 Å². The Hall–Kier alpha value is -3.02. The first-order valence-corrected chi connectivity index (χ1v) is 7.54. The van der Waals surface area contributed by atoms with Crippen LogP contribution < -0.4 is 10.9 Å². The zero-order chi connectivity index (χ0) is 17.8. The minimum atomic E-state index is -0.653. The van der Waals surface area contributed by atoms with Crippen LogP contribution in [0.2, 0.25) is 0 Å². The molecule has 0 saturated carbocycles. The molecule has 6 heteroatoms. The number of carbonyl (C=O) groups is 2. The summed E-state index contributed by atoms with van der Waals surface area (Å²) in [5.74, 6) is -1.91. The van der Waals surface area contributed by atoms with Gasteiger partial charge in [0.25, 0.3) is 0 Å². The van der Waals surface area contributed by atoms with E-state index in [4.69, 9.17) is 0 Å². The Kier molecular flexibility index (Phi) is 3.48. The fourth-order valence-electron chi connectivity index (χ4n) is 2.99. The summed E-state index contributed by atoms with van der Waals surface area (Å²) in [6.45, 7) is 3.14. The van der Waals surface area contributed by atoms with Gasteiger partial charge in [-0.3, -0.25) is 19.2 Å². The fraction of sp³-hybridized carbons (Fsp3) is 0.222. The molecule has 6 nitrogen and oxygen atoms in total. The summed E-state index contributed by atoms with van der Waals surface area (Å²) >= 11 is 0. The zero-order valence-corrected chi connectivity index (χ0v) is 13.1. The molecule has 0 aliphatic rings. The Morgan fingerprint density at radius 2 is 1.08 bits per heavy atom. The van der Waals surface area contributed by atoms with Crippen molar-refractivity contribution in [3.05, 3.63) is 43.7 Å². The van der Waals surface area contributed by atoms with E-state index in [9.17, 15) is 29.4 Å². The average molecular weight is 326 g/mol. The number of ketones is 2. The third-order valence-corrected chi connectivity index (χ3v) is 4.28. The molecule has 3 rings (SSSR count). The van der Waals surface area contributed by atoms with Crippen LogP contribution in [-0.2, 0) is 0 Å². The molecule has 0 aromatic heterocycles. The summed E-state index contributed by atoms with van der Waals surface area (Å²) in [6.07, 6.45) is 0.107. The summed E-state index contributed by atoms with van der Waals surface area (Å²) in [5.41, 5.74) is -1.92. The van der Waals surface area contributed by atoms with Crippen LogP contribution in [0.25, 0.3) is 21.5 Å². The summed E-state index contributed by atoms with van der Waals surface area (Å²) in [4.78, 5) is 48.5. The van der Waals surface area contributed by atoms with Gasteiger partial charge in [0.15, 0.2) is 11.6 Å². The summed E-state index contributed by atoms with van der Waals surface area (Å²) in [7, 11) is 0. The Bertz CT molecular complexity index is 1030. The van der Waals surface area contributed by atoms with E-state index >= 15 is 0 Å². The summed E-state index contributed by atoms with van der Waals surface area (Å²) in [5, 5.41) is 20.6. The predicted molar refractivity (Wildman–Crippen MR) is 88.9 cm³/mol. The van der Waals surface area contributed by atoms with E-state index in [0.29, 0.717) is 0 Å². The molecular weight excluding hydrogens is 312 g/mol. The quantitative estimate of drug-likeness (QED) is 0.711. The minimum Gasteiger partial charge on any atom is -0.506 e. The SMILES string of the molecule is CCC(=O)c1c(O)c2cc3c(O)c(C(=O)CC)c(=O)c3cc2c1=O. The molecule has 0 atom stereocenters. The fourth-order valence-corrected chi connectivity index (χ4v) is 2.99. The van der Waals surface area contributed by atoms with Gasteiger partial charge in [0.05, 0.1) is 0 Å². The van der Waals surface area contributed by atoms with Gasteiger partial charge in [-0.15, -0.1) is 0 Å². The molecule has 0 aliphatic heterocycles. The van der Waals surface area contributed by atoms with Crippen molar-refractivity contribution in [1.82, 2.24) is 0 Å². The average Bonchev–Trinajstić information content (AvgIpc) is 2.97. The maximum atomic E-state index is 12.4. The Morgan fingerprint density at radius 1 is 0.750 bits per heavy atom. The van der Waals surface area contributed by atoms with Crippen molar-refractivity contribution in [1.29, 1.82) is 0 Å². The van der Waals surface area contributed by atoms with Crippen LogP contribution in [0.1, 0.15) is 47.4 Å². The molecule has 0 radical (unpaired) electrons. The van der Waals surface area contributed by atoms with Crippen LogP contribution in [0.15, 0.2) is 21.7 Å². The number of Topliss-reactive ketones (excluding diaryl/α,β-unsaturated/α-hetero) is 2. The Labute approximate surface area is 135 Å². The maximum Gasteiger partial charge on any atom is 0.201 e. The molecule has 3 aromatic carbocycles. The largest absolute Gasteiger partial charge is 0.506 e. The monoisotopic (exact) mass is 326 g/mol. The maximum absolute atomic E-state index is 12.4. The molecule has 0 bridgehead atoms. The van der Waals surface area contributed by atoms with Crippen molar-refractivity contribution in [3.8, 4) is 11.5 Å². The van der Waals surface area contributed by atoms with Crippen LogP contribution in [0.3, 0.4) is 0 Å². The molecular formula is C18H14O6. The van der Waals surface area contributed by atoms with E-state index in [1.54, 1.807) is 13.8 Å². The van der Waals surface area contributed by atoms with Gasteiger partial charge in [-0.1, -0.05) is 13.8 Å². The van der Waals surface area contributed by atoms with Gasteiger partial charge >= 0.3 is 0 Å². The first-order chi connectivity index (χ1) is 11.3. The van der Waals surface area contributed by atoms with E-state index < -0.39 is 33.9 Å². The third-order valence-electron chi connectivity index (χ3n) is 4.28. The van der Waals surface area contributed by atoms with Gasteiger partial charge < -0.3 is 10.2 Å². The van der Waals surface area contributed by atoms with Crippen LogP contribution in [-0.4, -0.2) is 21.8 Å². The molecule has 24 heavy (non-hydrogen) atoms. The smallest absolute Gasteiger partial charge is 0.201 e. The molecule has 0 saturated heterocycles.